The Morgan fingerprint density at radius 2 is 2.04 bits per heavy atom. The summed E-state index contributed by atoms with van der Waals surface area (Å²) in [6, 6.07) is 12.6. The van der Waals surface area contributed by atoms with Crippen LogP contribution in [0.4, 0.5) is 5.69 Å². The fourth-order valence-electron chi connectivity index (χ4n) is 2.17. The van der Waals surface area contributed by atoms with Gasteiger partial charge in [0, 0.05) is 11.9 Å². The topological polar surface area (TPSA) is 108 Å². The van der Waals surface area contributed by atoms with Gasteiger partial charge >= 0.3 is 0 Å². The van der Waals surface area contributed by atoms with Crippen molar-refractivity contribution in [3.8, 4) is 17.3 Å². The average molecular weight is 370 g/mol. The van der Waals surface area contributed by atoms with Crippen LogP contribution in [0.1, 0.15) is 6.92 Å². The zero-order chi connectivity index (χ0) is 18.4. The van der Waals surface area contributed by atoms with Crippen LogP contribution < -0.4 is 15.9 Å². The van der Waals surface area contributed by atoms with Crippen LogP contribution in [0.15, 0.2) is 53.8 Å². The maximum Gasteiger partial charge on any atom is 0.234 e. The fraction of sp³-hybridized carbons (Fsp3) is 0.176. The van der Waals surface area contributed by atoms with E-state index < -0.39 is 0 Å². The minimum atomic E-state index is -0.165. The largest absolute Gasteiger partial charge is 0.494 e. The van der Waals surface area contributed by atoms with Crippen molar-refractivity contribution in [2.24, 2.45) is 0 Å². The molecule has 0 aliphatic carbocycles. The molecule has 2 aromatic heterocycles. The molecule has 9 heteroatoms. The quantitative estimate of drug-likeness (QED) is 0.485. The molecule has 0 saturated heterocycles. The minimum Gasteiger partial charge on any atom is -0.494 e. The van der Waals surface area contributed by atoms with Crippen LogP contribution in [0.2, 0.25) is 0 Å². The van der Waals surface area contributed by atoms with Gasteiger partial charge in [-0.25, -0.2) is 4.68 Å². The predicted molar refractivity (Wildman–Crippen MR) is 100 cm³/mol. The van der Waals surface area contributed by atoms with E-state index in [-0.39, 0.29) is 11.7 Å². The first-order valence-electron chi connectivity index (χ1n) is 7.94. The summed E-state index contributed by atoms with van der Waals surface area (Å²) < 4.78 is 6.70. The molecule has 0 bridgehead atoms. The number of thioether (sulfide) groups is 1. The molecule has 3 rings (SSSR count). The number of carbonyl (C=O) groups is 1. The lowest BCUT2D eigenvalue weighted by Crippen LogP contribution is -2.16. The first-order chi connectivity index (χ1) is 12.7. The Kier molecular flexibility index (Phi) is 5.69. The van der Waals surface area contributed by atoms with Crippen LogP contribution in [0.3, 0.4) is 0 Å². The molecule has 0 fully saturated rings. The lowest BCUT2D eigenvalue weighted by Gasteiger charge is -2.07. The van der Waals surface area contributed by atoms with Crippen LogP contribution in [0.25, 0.3) is 11.5 Å². The number of amides is 1. The van der Waals surface area contributed by atoms with Crippen molar-refractivity contribution < 1.29 is 9.53 Å². The molecule has 0 unspecified atom stereocenters. The third-order valence-corrected chi connectivity index (χ3v) is 4.28. The Labute approximate surface area is 154 Å². The maximum absolute atomic E-state index is 12.1. The van der Waals surface area contributed by atoms with Gasteiger partial charge in [0.25, 0.3) is 0 Å². The molecule has 0 aliphatic heterocycles. The van der Waals surface area contributed by atoms with E-state index >= 15 is 0 Å². The summed E-state index contributed by atoms with van der Waals surface area (Å²) in [6.45, 7) is 2.52. The van der Waals surface area contributed by atoms with E-state index in [0.717, 1.165) is 5.75 Å². The van der Waals surface area contributed by atoms with Crippen molar-refractivity contribution in [2.75, 3.05) is 23.5 Å². The Morgan fingerprint density at radius 1 is 1.23 bits per heavy atom. The van der Waals surface area contributed by atoms with Crippen molar-refractivity contribution in [3.05, 3.63) is 48.7 Å². The van der Waals surface area contributed by atoms with Gasteiger partial charge in [-0.15, -0.1) is 10.2 Å². The van der Waals surface area contributed by atoms with Crippen LogP contribution in [0.5, 0.6) is 5.75 Å². The number of nitrogen functional groups attached to an aromatic ring is 1. The average Bonchev–Trinajstić information content (AvgIpc) is 3.03. The number of ether oxygens (including phenoxy) is 1. The maximum atomic E-state index is 12.1. The monoisotopic (exact) mass is 370 g/mol. The van der Waals surface area contributed by atoms with Crippen molar-refractivity contribution in [3.63, 3.8) is 0 Å². The molecule has 2 heterocycles. The van der Waals surface area contributed by atoms with Crippen molar-refractivity contribution in [1.82, 2.24) is 19.9 Å². The SMILES string of the molecule is CCOc1ccc(NC(=O)CSc2nnc(-c3ccccn3)n2N)cc1. The van der Waals surface area contributed by atoms with E-state index in [1.807, 2.05) is 31.2 Å². The van der Waals surface area contributed by atoms with Gasteiger partial charge in [0.1, 0.15) is 11.4 Å². The number of hydrogen-bond acceptors (Lipinski definition) is 7. The van der Waals surface area contributed by atoms with E-state index in [1.54, 1.807) is 24.4 Å². The predicted octanol–water partition coefficient (Wildman–Crippen LogP) is 2.18. The molecular formula is C17H18N6O2S. The highest BCUT2D eigenvalue weighted by Gasteiger charge is 2.14. The summed E-state index contributed by atoms with van der Waals surface area (Å²) in [5, 5.41) is 11.3. The number of pyridine rings is 1. The molecule has 134 valence electrons. The number of hydrogen-bond donors (Lipinski definition) is 2. The second-order valence-electron chi connectivity index (χ2n) is 5.19. The number of nitrogens with two attached hydrogens (primary N) is 1. The normalized spacial score (nSPS) is 10.5. The molecule has 0 radical (unpaired) electrons. The number of rotatable bonds is 7. The van der Waals surface area contributed by atoms with Gasteiger partial charge in [-0.1, -0.05) is 17.8 Å². The first kappa shape index (κ1) is 17.7. The molecule has 1 amide bonds. The van der Waals surface area contributed by atoms with Crippen LogP contribution in [0, 0.1) is 0 Å². The zero-order valence-electron chi connectivity index (χ0n) is 14.1. The number of benzene rings is 1. The highest BCUT2D eigenvalue weighted by Crippen LogP contribution is 2.20. The molecule has 0 spiro atoms. The summed E-state index contributed by atoms with van der Waals surface area (Å²) in [5.74, 6) is 7.20. The van der Waals surface area contributed by atoms with Gasteiger partial charge in [-0.05, 0) is 43.3 Å². The second kappa shape index (κ2) is 8.34. The van der Waals surface area contributed by atoms with Gasteiger partial charge in [0.05, 0.1) is 12.4 Å². The summed E-state index contributed by atoms with van der Waals surface area (Å²) in [4.78, 5) is 16.3. The highest BCUT2D eigenvalue weighted by atomic mass is 32.2. The zero-order valence-corrected chi connectivity index (χ0v) is 14.9. The second-order valence-corrected chi connectivity index (χ2v) is 6.13. The molecule has 26 heavy (non-hydrogen) atoms. The molecular weight excluding hydrogens is 352 g/mol. The molecule has 1 aromatic carbocycles. The van der Waals surface area contributed by atoms with Gasteiger partial charge < -0.3 is 15.9 Å². The molecule has 8 nitrogen and oxygen atoms in total. The minimum absolute atomic E-state index is 0.158. The molecule has 3 N–H and O–H groups in total. The van der Waals surface area contributed by atoms with E-state index in [1.165, 1.54) is 16.4 Å². The number of nitrogens with zero attached hydrogens (tertiary/aromatic N) is 4. The van der Waals surface area contributed by atoms with Gasteiger partial charge in [0.2, 0.25) is 16.9 Å². The number of nitrogens with one attached hydrogen (secondary N) is 1. The van der Waals surface area contributed by atoms with Crippen LogP contribution in [-0.4, -0.2) is 38.1 Å². The Balaban J connectivity index is 1.57. The van der Waals surface area contributed by atoms with Crippen molar-refractivity contribution in [2.45, 2.75) is 12.1 Å². The van der Waals surface area contributed by atoms with Crippen molar-refractivity contribution in [1.29, 1.82) is 0 Å². The third kappa shape index (κ3) is 4.31. The van der Waals surface area contributed by atoms with Crippen molar-refractivity contribution >= 4 is 23.4 Å². The Bertz CT molecular complexity index is 867. The first-order valence-corrected chi connectivity index (χ1v) is 8.93. The summed E-state index contributed by atoms with van der Waals surface area (Å²) in [6.07, 6.45) is 1.65. The van der Waals surface area contributed by atoms with Gasteiger partial charge in [-0.3, -0.25) is 9.78 Å². The number of carbonyl (C=O) groups excluding carboxylic acids is 1. The lowest BCUT2D eigenvalue weighted by molar-refractivity contribution is -0.113. The third-order valence-electron chi connectivity index (χ3n) is 3.34. The molecule has 0 saturated carbocycles. The summed E-state index contributed by atoms with van der Waals surface area (Å²) >= 11 is 1.20. The number of anilines is 1. The molecule has 0 aliphatic rings. The number of aromatic nitrogens is 4. The van der Waals surface area contributed by atoms with E-state index in [0.29, 0.717) is 29.0 Å². The summed E-state index contributed by atoms with van der Waals surface area (Å²) in [5.41, 5.74) is 1.32. The summed E-state index contributed by atoms with van der Waals surface area (Å²) in [7, 11) is 0. The van der Waals surface area contributed by atoms with Gasteiger partial charge in [0.15, 0.2) is 0 Å². The smallest absolute Gasteiger partial charge is 0.234 e. The van der Waals surface area contributed by atoms with Crippen LogP contribution in [-0.2, 0) is 4.79 Å². The van der Waals surface area contributed by atoms with E-state index in [4.69, 9.17) is 10.6 Å². The standard InChI is InChI=1S/C17H18N6O2S/c1-2-25-13-8-6-12(7-9-13)20-15(24)11-26-17-22-21-16(23(17)18)14-5-3-4-10-19-14/h3-10H,2,11,18H2,1H3,(H,20,24). The lowest BCUT2D eigenvalue weighted by atomic mass is 10.3. The highest BCUT2D eigenvalue weighted by molar-refractivity contribution is 7.99. The van der Waals surface area contributed by atoms with E-state index in [2.05, 4.69) is 20.5 Å². The molecule has 0 atom stereocenters. The van der Waals surface area contributed by atoms with E-state index in [9.17, 15) is 4.79 Å². The fourth-order valence-corrected chi connectivity index (χ4v) is 2.83. The Hall–Kier alpha value is -3.07. The molecule has 3 aromatic rings. The van der Waals surface area contributed by atoms with Gasteiger partial charge in [-0.2, -0.15) is 0 Å². The Morgan fingerprint density at radius 3 is 2.73 bits per heavy atom. The van der Waals surface area contributed by atoms with Crippen LogP contribution >= 0.6 is 11.8 Å².